The van der Waals surface area contributed by atoms with E-state index in [0.717, 1.165) is 6.07 Å². The topological polar surface area (TPSA) is 102 Å². The Labute approximate surface area is 219 Å². The third-order valence-electron chi connectivity index (χ3n) is 6.27. The Morgan fingerprint density at radius 1 is 1.05 bits per heavy atom. The van der Waals surface area contributed by atoms with Crippen molar-refractivity contribution in [3.63, 3.8) is 0 Å². The third kappa shape index (κ3) is 6.45. The van der Waals surface area contributed by atoms with Crippen LogP contribution in [0.2, 0.25) is 0 Å². The highest BCUT2D eigenvalue weighted by molar-refractivity contribution is 5.85. The highest BCUT2D eigenvalue weighted by atomic mass is 19.4. The molecule has 0 aliphatic carbocycles. The Morgan fingerprint density at radius 2 is 1.82 bits per heavy atom. The summed E-state index contributed by atoms with van der Waals surface area (Å²) < 4.78 is 45.1. The summed E-state index contributed by atoms with van der Waals surface area (Å²) in [6.07, 6.45) is -1.60. The number of hydrogen-bond acceptors (Lipinski definition) is 7. The molecule has 4 rings (SSSR count). The molecule has 3 aromatic heterocycles. The van der Waals surface area contributed by atoms with Crippen LogP contribution in [0.3, 0.4) is 0 Å². The summed E-state index contributed by atoms with van der Waals surface area (Å²) >= 11 is 0. The normalized spacial score (nSPS) is 19.6. The van der Waals surface area contributed by atoms with E-state index in [1.165, 1.54) is 18.3 Å². The Morgan fingerprint density at radius 3 is 2.47 bits per heavy atom. The van der Waals surface area contributed by atoms with Gasteiger partial charge < -0.3 is 15.4 Å². The monoisotopic (exact) mass is 528 g/mol. The standard InChI is InChI=1S/C27H31F3N6O2/c1-15(19-10-9-17(13-32-19)20-7-6-8-22(35-20)27(28,29)30)34-25-31-12-11-21(36-25)23-18(14-33-24(23)37)16(2)38-26(3,4)5/h6-13,15-16,18,23H,14H2,1-5H3,(H,33,37)(H,31,34,36)/t15-,16+,18?,23+/m0/s1. The van der Waals surface area contributed by atoms with Crippen LogP contribution in [0.1, 0.15) is 63.7 Å². The molecule has 1 unspecified atom stereocenters. The number of pyridine rings is 2. The summed E-state index contributed by atoms with van der Waals surface area (Å²) in [6, 6.07) is 8.56. The fourth-order valence-corrected chi connectivity index (χ4v) is 4.53. The average Bonchev–Trinajstić information content (AvgIpc) is 3.24. The van der Waals surface area contributed by atoms with E-state index in [0.29, 0.717) is 29.4 Å². The van der Waals surface area contributed by atoms with Crippen molar-refractivity contribution in [3.05, 3.63) is 65.9 Å². The van der Waals surface area contributed by atoms with E-state index in [2.05, 4.69) is 30.6 Å². The summed E-state index contributed by atoms with van der Waals surface area (Å²) in [5, 5.41) is 6.12. The number of alkyl halides is 3. The number of rotatable bonds is 7. The third-order valence-corrected chi connectivity index (χ3v) is 6.27. The highest BCUT2D eigenvalue weighted by Crippen LogP contribution is 2.34. The van der Waals surface area contributed by atoms with E-state index >= 15 is 0 Å². The second-order valence-electron chi connectivity index (χ2n) is 10.4. The van der Waals surface area contributed by atoms with Gasteiger partial charge in [-0.05, 0) is 65.0 Å². The SMILES string of the molecule is C[C@H](Nc1nccc([C@@H]2C(=O)NCC2[C@@H](C)OC(C)(C)C)n1)c1ccc(-c2cccc(C(F)(F)F)n2)cn1. The van der Waals surface area contributed by atoms with Crippen LogP contribution in [0.4, 0.5) is 19.1 Å². The maximum atomic E-state index is 13.0. The number of amides is 1. The lowest BCUT2D eigenvalue weighted by atomic mass is 9.88. The Hall–Kier alpha value is -3.60. The second-order valence-corrected chi connectivity index (χ2v) is 10.4. The zero-order valence-corrected chi connectivity index (χ0v) is 21.9. The summed E-state index contributed by atoms with van der Waals surface area (Å²) in [4.78, 5) is 29.7. The van der Waals surface area contributed by atoms with Gasteiger partial charge in [0.1, 0.15) is 5.69 Å². The molecule has 0 bridgehead atoms. The lowest BCUT2D eigenvalue weighted by Gasteiger charge is -2.30. The highest BCUT2D eigenvalue weighted by Gasteiger charge is 2.41. The van der Waals surface area contributed by atoms with Crippen molar-refractivity contribution in [1.82, 2.24) is 25.3 Å². The van der Waals surface area contributed by atoms with Gasteiger partial charge in [0.25, 0.3) is 0 Å². The molecule has 2 N–H and O–H groups in total. The van der Waals surface area contributed by atoms with Crippen LogP contribution < -0.4 is 10.6 Å². The van der Waals surface area contributed by atoms with Gasteiger partial charge in [0, 0.05) is 30.4 Å². The lowest BCUT2D eigenvalue weighted by molar-refractivity contribution is -0.141. The Bertz CT molecular complexity index is 1280. The molecular formula is C27H31F3N6O2. The number of carbonyl (C=O) groups is 1. The van der Waals surface area contributed by atoms with Crippen LogP contribution in [0.25, 0.3) is 11.3 Å². The number of halogens is 3. The molecule has 1 aliphatic heterocycles. The summed E-state index contributed by atoms with van der Waals surface area (Å²) in [5.74, 6) is -0.315. The molecule has 3 aromatic rings. The van der Waals surface area contributed by atoms with E-state index in [9.17, 15) is 18.0 Å². The average molecular weight is 529 g/mol. The van der Waals surface area contributed by atoms with Gasteiger partial charge in [0.05, 0.1) is 40.7 Å². The first kappa shape index (κ1) is 27.4. The lowest BCUT2D eigenvalue weighted by Crippen LogP contribution is -2.34. The molecule has 0 radical (unpaired) electrons. The molecule has 202 valence electrons. The number of aromatic nitrogens is 4. The number of nitrogens with zero attached hydrogens (tertiary/aromatic N) is 4. The summed E-state index contributed by atoms with van der Waals surface area (Å²) in [5.41, 5.74) is 0.586. The van der Waals surface area contributed by atoms with Crippen LogP contribution in [0.5, 0.6) is 0 Å². The predicted octanol–water partition coefficient (Wildman–Crippen LogP) is 5.16. The number of anilines is 1. The molecule has 1 amide bonds. The maximum absolute atomic E-state index is 13.0. The molecule has 11 heteroatoms. The first-order valence-corrected chi connectivity index (χ1v) is 12.4. The molecule has 38 heavy (non-hydrogen) atoms. The smallest absolute Gasteiger partial charge is 0.373 e. The van der Waals surface area contributed by atoms with Crippen molar-refractivity contribution >= 4 is 11.9 Å². The van der Waals surface area contributed by atoms with E-state index in [1.807, 2.05) is 34.6 Å². The molecule has 1 fully saturated rings. The molecule has 0 spiro atoms. The molecule has 8 nitrogen and oxygen atoms in total. The van der Waals surface area contributed by atoms with Crippen molar-refractivity contribution in [2.45, 2.75) is 64.5 Å². The molecule has 0 aromatic carbocycles. The number of ether oxygens (including phenoxy) is 1. The molecule has 4 heterocycles. The van der Waals surface area contributed by atoms with Crippen molar-refractivity contribution < 1.29 is 22.7 Å². The van der Waals surface area contributed by atoms with Gasteiger partial charge in [-0.2, -0.15) is 13.2 Å². The zero-order chi connectivity index (χ0) is 27.7. The van der Waals surface area contributed by atoms with Crippen molar-refractivity contribution in [3.8, 4) is 11.3 Å². The minimum atomic E-state index is -4.52. The summed E-state index contributed by atoms with van der Waals surface area (Å²) in [6.45, 7) is 10.3. The van der Waals surface area contributed by atoms with Gasteiger partial charge >= 0.3 is 6.18 Å². The number of nitrogens with one attached hydrogen (secondary N) is 2. The van der Waals surface area contributed by atoms with E-state index in [1.54, 1.807) is 24.4 Å². The van der Waals surface area contributed by atoms with E-state index in [4.69, 9.17) is 4.74 Å². The molecule has 0 saturated carbocycles. The fraction of sp³-hybridized carbons (Fsp3) is 0.444. The summed E-state index contributed by atoms with van der Waals surface area (Å²) in [7, 11) is 0. The Balaban J connectivity index is 1.48. The first-order valence-electron chi connectivity index (χ1n) is 12.4. The van der Waals surface area contributed by atoms with Crippen molar-refractivity contribution in [2.75, 3.05) is 11.9 Å². The van der Waals surface area contributed by atoms with E-state index < -0.39 is 17.8 Å². The van der Waals surface area contributed by atoms with Gasteiger partial charge in [-0.1, -0.05) is 6.07 Å². The number of carbonyl (C=O) groups excluding carboxylic acids is 1. The maximum Gasteiger partial charge on any atom is 0.433 e. The van der Waals surface area contributed by atoms with Crippen molar-refractivity contribution in [1.29, 1.82) is 0 Å². The molecular weight excluding hydrogens is 497 g/mol. The minimum absolute atomic E-state index is 0.0828. The van der Waals surface area contributed by atoms with Crippen molar-refractivity contribution in [2.24, 2.45) is 5.92 Å². The quantitative estimate of drug-likeness (QED) is 0.437. The van der Waals surface area contributed by atoms with Crippen LogP contribution in [0.15, 0.2) is 48.8 Å². The van der Waals surface area contributed by atoms with Crippen LogP contribution in [-0.4, -0.2) is 44.1 Å². The molecule has 1 aliphatic rings. The minimum Gasteiger partial charge on any atom is -0.373 e. The van der Waals surface area contributed by atoms with Crippen LogP contribution in [-0.2, 0) is 15.7 Å². The van der Waals surface area contributed by atoms with Crippen LogP contribution in [0, 0.1) is 5.92 Å². The zero-order valence-electron chi connectivity index (χ0n) is 21.9. The molecule has 1 saturated heterocycles. The predicted molar refractivity (Wildman–Crippen MR) is 136 cm³/mol. The fourth-order valence-electron chi connectivity index (χ4n) is 4.53. The molecule has 4 atom stereocenters. The Kier molecular flexibility index (Phi) is 7.68. The van der Waals surface area contributed by atoms with Gasteiger partial charge in [-0.15, -0.1) is 0 Å². The first-order chi connectivity index (χ1) is 17.8. The van der Waals surface area contributed by atoms with Crippen LogP contribution >= 0.6 is 0 Å². The largest absolute Gasteiger partial charge is 0.433 e. The van der Waals surface area contributed by atoms with Gasteiger partial charge in [0.15, 0.2) is 0 Å². The van der Waals surface area contributed by atoms with Gasteiger partial charge in [-0.3, -0.25) is 9.78 Å². The van der Waals surface area contributed by atoms with Gasteiger partial charge in [0.2, 0.25) is 11.9 Å². The van der Waals surface area contributed by atoms with Gasteiger partial charge in [-0.25, -0.2) is 15.0 Å². The second kappa shape index (κ2) is 10.6. The van der Waals surface area contributed by atoms with E-state index in [-0.39, 0.29) is 35.3 Å². The number of hydrogen-bond donors (Lipinski definition) is 2.